The highest BCUT2D eigenvalue weighted by atomic mass is 19.4. The first kappa shape index (κ1) is 16.4. The number of imidazole rings is 1. The van der Waals surface area contributed by atoms with Gasteiger partial charge in [-0.1, -0.05) is 24.3 Å². The third-order valence-corrected chi connectivity index (χ3v) is 3.50. The van der Waals surface area contributed by atoms with Crippen LogP contribution in [0.3, 0.4) is 0 Å². The lowest BCUT2D eigenvalue weighted by atomic mass is 10.1. The SMILES string of the molecule is FC(F)(F)c1cccc(Cn2c(C(F)(F)F)nc3ccccc32)c1. The summed E-state index contributed by atoms with van der Waals surface area (Å²) in [6, 6.07) is 10.2. The third kappa shape index (κ3) is 3.08. The summed E-state index contributed by atoms with van der Waals surface area (Å²) < 4.78 is 78.8. The van der Waals surface area contributed by atoms with Crippen molar-refractivity contribution >= 4 is 11.0 Å². The van der Waals surface area contributed by atoms with Crippen LogP contribution >= 0.6 is 0 Å². The molecule has 1 heterocycles. The van der Waals surface area contributed by atoms with Crippen molar-refractivity contribution in [2.45, 2.75) is 18.9 Å². The quantitative estimate of drug-likeness (QED) is 0.590. The van der Waals surface area contributed by atoms with Gasteiger partial charge in [-0.2, -0.15) is 26.3 Å². The molecule has 126 valence electrons. The topological polar surface area (TPSA) is 17.8 Å². The molecule has 2 nitrogen and oxygen atoms in total. The average Bonchev–Trinajstić information content (AvgIpc) is 2.86. The number of alkyl halides is 6. The standard InChI is InChI=1S/C16H10F6N2/c17-15(18,19)11-5-3-4-10(8-11)9-24-13-7-2-1-6-12(13)23-14(24)16(20,21)22/h1-8H,9H2. The first-order valence-corrected chi connectivity index (χ1v) is 6.85. The Kier molecular flexibility index (Phi) is 3.77. The van der Waals surface area contributed by atoms with Gasteiger partial charge in [-0.25, -0.2) is 4.98 Å². The number of rotatable bonds is 2. The number of hydrogen-bond acceptors (Lipinski definition) is 1. The average molecular weight is 344 g/mol. The summed E-state index contributed by atoms with van der Waals surface area (Å²) in [5.74, 6) is -1.14. The molecule has 0 saturated carbocycles. The van der Waals surface area contributed by atoms with Crippen LogP contribution < -0.4 is 0 Å². The Morgan fingerprint density at radius 1 is 0.833 bits per heavy atom. The summed E-state index contributed by atoms with van der Waals surface area (Å²) in [5, 5.41) is 0. The van der Waals surface area contributed by atoms with E-state index in [1.165, 1.54) is 24.3 Å². The Morgan fingerprint density at radius 2 is 1.54 bits per heavy atom. The van der Waals surface area contributed by atoms with Gasteiger partial charge in [0.1, 0.15) is 0 Å². The number of hydrogen-bond donors (Lipinski definition) is 0. The fraction of sp³-hybridized carbons (Fsp3) is 0.188. The molecule has 0 N–H and O–H groups in total. The Bertz CT molecular complexity index is 876. The summed E-state index contributed by atoms with van der Waals surface area (Å²) in [6.45, 7) is -0.362. The Hall–Kier alpha value is -2.51. The van der Waals surface area contributed by atoms with E-state index in [0.717, 1.165) is 16.7 Å². The van der Waals surface area contributed by atoms with Gasteiger partial charge in [-0.3, -0.25) is 0 Å². The summed E-state index contributed by atoms with van der Waals surface area (Å²) in [4.78, 5) is 3.57. The minimum absolute atomic E-state index is 0.110. The van der Waals surface area contributed by atoms with Crippen molar-refractivity contribution in [1.29, 1.82) is 0 Å². The van der Waals surface area contributed by atoms with Crippen molar-refractivity contribution in [3.8, 4) is 0 Å². The van der Waals surface area contributed by atoms with E-state index in [1.54, 1.807) is 12.1 Å². The summed E-state index contributed by atoms with van der Waals surface area (Å²) in [5.41, 5.74) is -0.449. The molecule has 0 amide bonds. The highest BCUT2D eigenvalue weighted by Gasteiger charge is 2.37. The van der Waals surface area contributed by atoms with Crippen molar-refractivity contribution in [3.05, 3.63) is 65.5 Å². The number of para-hydroxylation sites is 2. The molecule has 0 aliphatic rings. The van der Waals surface area contributed by atoms with Gasteiger partial charge in [0.25, 0.3) is 0 Å². The molecular weight excluding hydrogens is 334 g/mol. The predicted octanol–water partition coefficient (Wildman–Crippen LogP) is 5.12. The maximum absolute atomic E-state index is 13.2. The molecule has 8 heteroatoms. The first-order chi connectivity index (χ1) is 11.2. The van der Waals surface area contributed by atoms with Crippen molar-refractivity contribution in [2.75, 3.05) is 0 Å². The minimum Gasteiger partial charge on any atom is -0.316 e. The normalized spacial score (nSPS) is 12.8. The molecule has 24 heavy (non-hydrogen) atoms. The van der Waals surface area contributed by atoms with E-state index in [-0.39, 0.29) is 23.1 Å². The maximum atomic E-state index is 13.2. The van der Waals surface area contributed by atoms with Gasteiger partial charge >= 0.3 is 12.4 Å². The Labute approximate surface area is 132 Å². The smallest absolute Gasteiger partial charge is 0.316 e. The van der Waals surface area contributed by atoms with Gasteiger partial charge in [-0.15, -0.1) is 0 Å². The van der Waals surface area contributed by atoms with Crippen LogP contribution in [-0.2, 0) is 18.9 Å². The predicted molar refractivity (Wildman–Crippen MR) is 75.3 cm³/mol. The molecule has 2 aromatic carbocycles. The lowest BCUT2D eigenvalue weighted by Gasteiger charge is -2.13. The number of fused-ring (bicyclic) bond motifs is 1. The van der Waals surface area contributed by atoms with E-state index >= 15 is 0 Å². The zero-order valence-corrected chi connectivity index (χ0v) is 12.0. The molecular formula is C16H10F6N2. The number of halogens is 6. The zero-order chi connectivity index (χ0) is 17.5. The van der Waals surface area contributed by atoms with Crippen LogP contribution in [0.15, 0.2) is 48.5 Å². The van der Waals surface area contributed by atoms with E-state index in [2.05, 4.69) is 4.98 Å². The molecule has 0 aliphatic carbocycles. The second-order valence-electron chi connectivity index (χ2n) is 5.21. The molecule has 0 unspecified atom stereocenters. The van der Waals surface area contributed by atoms with Crippen LogP contribution in [0, 0.1) is 0 Å². The molecule has 0 saturated heterocycles. The molecule has 0 aliphatic heterocycles. The molecule has 0 bridgehead atoms. The van der Waals surface area contributed by atoms with Crippen LogP contribution in [0.4, 0.5) is 26.3 Å². The zero-order valence-electron chi connectivity index (χ0n) is 12.0. The highest BCUT2D eigenvalue weighted by molar-refractivity contribution is 5.76. The van der Waals surface area contributed by atoms with Crippen LogP contribution in [0.2, 0.25) is 0 Å². The first-order valence-electron chi connectivity index (χ1n) is 6.85. The lowest BCUT2D eigenvalue weighted by Crippen LogP contribution is -2.16. The molecule has 0 spiro atoms. The van der Waals surface area contributed by atoms with Crippen LogP contribution in [0.5, 0.6) is 0 Å². The van der Waals surface area contributed by atoms with Crippen LogP contribution in [-0.4, -0.2) is 9.55 Å². The van der Waals surface area contributed by atoms with Gasteiger partial charge in [0.05, 0.1) is 16.6 Å². The van der Waals surface area contributed by atoms with Gasteiger partial charge in [-0.05, 0) is 29.8 Å². The summed E-state index contributed by atoms with van der Waals surface area (Å²) >= 11 is 0. The van der Waals surface area contributed by atoms with E-state index in [1.807, 2.05) is 0 Å². The maximum Gasteiger partial charge on any atom is 0.449 e. The van der Waals surface area contributed by atoms with Gasteiger partial charge < -0.3 is 4.57 Å². The van der Waals surface area contributed by atoms with Crippen molar-refractivity contribution in [2.24, 2.45) is 0 Å². The van der Waals surface area contributed by atoms with Gasteiger partial charge in [0, 0.05) is 6.54 Å². The molecule has 1 aromatic heterocycles. The fourth-order valence-corrected chi connectivity index (χ4v) is 2.48. The molecule has 0 fully saturated rings. The largest absolute Gasteiger partial charge is 0.449 e. The minimum atomic E-state index is -4.71. The van der Waals surface area contributed by atoms with Crippen molar-refractivity contribution < 1.29 is 26.3 Å². The number of aromatic nitrogens is 2. The molecule has 0 atom stereocenters. The second-order valence-corrected chi connectivity index (χ2v) is 5.21. The molecule has 0 radical (unpaired) electrons. The summed E-state index contributed by atoms with van der Waals surface area (Å²) in [7, 11) is 0. The number of benzene rings is 2. The van der Waals surface area contributed by atoms with E-state index < -0.39 is 23.7 Å². The van der Waals surface area contributed by atoms with Crippen LogP contribution in [0.1, 0.15) is 17.0 Å². The second kappa shape index (κ2) is 5.54. The highest BCUT2D eigenvalue weighted by Crippen LogP contribution is 2.33. The third-order valence-electron chi connectivity index (χ3n) is 3.50. The monoisotopic (exact) mass is 344 g/mol. The Balaban J connectivity index is 2.10. The van der Waals surface area contributed by atoms with Crippen molar-refractivity contribution in [3.63, 3.8) is 0 Å². The molecule has 3 rings (SSSR count). The van der Waals surface area contributed by atoms with E-state index in [0.29, 0.717) is 0 Å². The van der Waals surface area contributed by atoms with Gasteiger partial charge in [0.15, 0.2) is 0 Å². The Morgan fingerprint density at radius 3 is 2.21 bits per heavy atom. The van der Waals surface area contributed by atoms with E-state index in [9.17, 15) is 26.3 Å². The van der Waals surface area contributed by atoms with Crippen LogP contribution in [0.25, 0.3) is 11.0 Å². The summed E-state index contributed by atoms with van der Waals surface area (Å²) in [6.07, 6.45) is -9.26. The molecule has 3 aromatic rings. The van der Waals surface area contributed by atoms with Crippen molar-refractivity contribution in [1.82, 2.24) is 9.55 Å². The van der Waals surface area contributed by atoms with E-state index in [4.69, 9.17) is 0 Å². The fourth-order valence-electron chi connectivity index (χ4n) is 2.48. The van der Waals surface area contributed by atoms with Gasteiger partial charge in [0.2, 0.25) is 5.82 Å². The lowest BCUT2D eigenvalue weighted by molar-refractivity contribution is -0.146. The number of nitrogens with zero attached hydrogens (tertiary/aromatic N) is 2.